The topological polar surface area (TPSA) is 80.1 Å². The predicted octanol–water partition coefficient (Wildman–Crippen LogP) is 3.21. The van der Waals surface area contributed by atoms with E-state index in [9.17, 15) is 9.90 Å². The molecular weight excluding hydrogens is 432 g/mol. The minimum absolute atomic E-state index is 0.0131. The van der Waals surface area contributed by atoms with E-state index in [1.54, 1.807) is 31.0 Å². The Balaban J connectivity index is 1.77. The van der Waals surface area contributed by atoms with Crippen molar-refractivity contribution in [1.82, 2.24) is 14.5 Å². The lowest BCUT2D eigenvalue weighted by Crippen LogP contribution is -2.49. The molecule has 1 aliphatic heterocycles. The zero-order valence-electron chi connectivity index (χ0n) is 20.2. The number of hydrogen-bond donors (Lipinski definition) is 1. The molecule has 8 nitrogen and oxygen atoms in total. The van der Waals surface area contributed by atoms with E-state index in [0.717, 1.165) is 30.2 Å². The lowest BCUT2D eigenvalue weighted by atomic mass is 9.95. The maximum absolute atomic E-state index is 13.6. The number of methoxy groups -OCH3 is 2. The molecule has 1 atom stereocenters. The second-order valence-corrected chi connectivity index (χ2v) is 8.36. The highest BCUT2D eigenvalue weighted by molar-refractivity contribution is 5.48. The van der Waals surface area contributed by atoms with E-state index in [4.69, 9.17) is 9.47 Å². The molecular formula is C26H32N4O4. The molecule has 3 heterocycles. The van der Waals surface area contributed by atoms with Crippen LogP contribution in [0, 0.1) is 6.92 Å². The summed E-state index contributed by atoms with van der Waals surface area (Å²) in [5.74, 6) is 2.15. The first-order valence-electron chi connectivity index (χ1n) is 11.5. The number of pyridine rings is 2. The molecule has 8 heteroatoms. The summed E-state index contributed by atoms with van der Waals surface area (Å²) >= 11 is 0. The van der Waals surface area contributed by atoms with Gasteiger partial charge in [0.05, 0.1) is 25.8 Å². The van der Waals surface area contributed by atoms with Crippen LogP contribution in [0.15, 0.2) is 53.5 Å². The summed E-state index contributed by atoms with van der Waals surface area (Å²) in [5.41, 5.74) is 1.81. The van der Waals surface area contributed by atoms with E-state index in [0.29, 0.717) is 36.7 Å². The molecule has 3 aromatic rings. The Hall–Kier alpha value is -3.52. The fourth-order valence-corrected chi connectivity index (χ4v) is 4.75. The first-order chi connectivity index (χ1) is 16.5. The number of rotatable bonds is 7. The van der Waals surface area contributed by atoms with Gasteiger partial charge in [0.1, 0.15) is 11.6 Å². The number of aryl methyl sites for hydroxylation is 1. The van der Waals surface area contributed by atoms with Crippen molar-refractivity contribution >= 4 is 5.82 Å². The molecule has 0 radical (unpaired) electrons. The monoisotopic (exact) mass is 464 g/mol. The smallest absolute Gasteiger partial charge is 0.259 e. The van der Waals surface area contributed by atoms with Crippen LogP contribution in [0.5, 0.6) is 17.2 Å². The second kappa shape index (κ2) is 10.2. The quantitative estimate of drug-likeness (QED) is 0.575. The van der Waals surface area contributed by atoms with Crippen LogP contribution in [-0.2, 0) is 6.54 Å². The zero-order valence-corrected chi connectivity index (χ0v) is 20.2. The van der Waals surface area contributed by atoms with Gasteiger partial charge in [0.15, 0.2) is 11.5 Å². The van der Waals surface area contributed by atoms with Gasteiger partial charge in [0, 0.05) is 44.6 Å². The molecule has 0 saturated carbocycles. The highest BCUT2D eigenvalue weighted by atomic mass is 16.5. The van der Waals surface area contributed by atoms with Crippen molar-refractivity contribution in [3.8, 4) is 17.2 Å². The molecule has 180 valence electrons. The van der Waals surface area contributed by atoms with E-state index >= 15 is 0 Å². The van der Waals surface area contributed by atoms with E-state index < -0.39 is 6.04 Å². The Bertz CT molecular complexity index is 1190. The molecule has 0 spiro atoms. The first kappa shape index (κ1) is 23.6. The summed E-state index contributed by atoms with van der Waals surface area (Å²) in [4.78, 5) is 22.5. The van der Waals surface area contributed by atoms with Crippen molar-refractivity contribution in [1.29, 1.82) is 0 Å². The van der Waals surface area contributed by atoms with E-state index in [2.05, 4.69) is 14.8 Å². The molecule has 1 unspecified atom stereocenters. The number of piperazine rings is 1. The third-order valence-electron chi connectivity index (χ3n) is 6.49. The summed E-state index contributed by atoms with van der Waals surface area (Å²) in [7, 11) is 3.19. The lowest BCUT2D eigenvalue weighted by molar-refractivity contribution is 0.206. The molecule has 1 N–H and O–H groups in total. The van der Waals surface area contributed by atoms with Crippen LogP contribution < -0.4 is 19.9 Å². The zero-order chi connectivity index (χ0) is 24.2. The van der Waals surface area contributed by atoms with Gasteiger partial charge in [-0.05, 0) is 49.7 Å². The average molecular weight is 465 g/mol. The van der Waals surface area contributed by atoms with Crippen molar-refractivity contribution in [2.45, 2.75) is 26.4 Å². The fourth-order valence-electron chi connectivity index (χ4n) is 4.75. The number of hydrogen-bond acceptors (Lipinski definition) is 7. The summed E-state index contributed by atoms with van der Waals surface area (Å²) in [6.07, 6.45) is 1.80. The fraction of sp³-hybridized carbons (Fsp3) is 0.385. The van der Waals surface area contributed by atoms with E-state index in [-0.39, 0.29) is 11.3 Å². The molecule has 1 aromatic carbocycles. The Morgan fingerprint density at radius 3 is 2.38 bits per heavy atom. The van der Waals surface area contributed by atoms with Crippen molar-refractivity contribution in [3.05, 3.63) is 75.8 Å². The Morgan fingerprint density at radius 1 is 1.03 bits per heavy atom. The summed E-state index contributed by atoms with van der Waals surface area (Å²) in [5, 5.41) is 11.0. The minimum atomic E-state index is -0.434. The van der Waals surface area contributed by atoms with Crippen molar-refractivity contribution < 1.29 is 14.6 Å². The van der Waals surface area contributed by atoms with Crippen molar-refractivity contribution in [2.24, 2.45) is 0 Å². The van der Waals surface area contributed by atoms with Crippen LogP contribution in [0.3, 0.4) is 0 Å². The van der Waals surface area contributed by atoms with Crippen LogP contribution in [-0.4, -0.2) is 60.0 Å². The van der Waals surface area contributed by atoms with Crippen LogP contribution in [0.1, 0.15) is 29.8 Å². The number of aromatic nitrogens is 2. The molecule has 0 aliphatic carbocycles. The SMILES string of the molecule is CCn1c(C)cc(O)c(C(c2ccc(OC)c(OC)c2)N2CCN(c3ccccn3)CC2)c1=O. The largest absolute Gasteiger partial charge is 0.507 e. The van der Waals surface area contributed by atoms with Crippen molar-refractivity contribution in [3.63, 3.8) is 0 Å². The van der Waals surface area contributed by atoms with Crippen molar-refractivity contribution in [2.75, 3.05) is 45.3 Å². The number of benzene rings is 1. The van der Waals surface area contributed by atoms with Gasteiger partial charge >= 0.3 is 0 Å². The number of aromatic hydroxyl groups is 1. The third-order valence-corrected chi connectivity index (χ3v) is 6.49. The van der Waals surface area contributed by atoms with Gasteiger partial charge in [0.2, 0.25) is 0 Å². The molecule has 0 bridgehead atoms. The molecule has 1 saturated heterocycles. The Labute approximate surface area is 200 Å². The maximum atomic E-state index is 13.6. The standard InChI is InChI=1S/C26H32N4O4/c1-5-30-18(2)16-20(31)24(26(30)32)25(19-9-10-21(33-3)22(17-19)34-4)29-14-12-28(13-15-29)23-8-6-7-11-27-23/h6-11,16-17,25,31H,5,12-15H2,1-4H3. The maximum Gasteiger partial charge on any atom is 0.259 e. The summed E-state index contributed by atoms with van der Waals surface area (Å²) in [6.45, 7) is 7.23. The third kappa shape index (κ3) is 4.46. The normalized spacial score (nSPS) is 15.2. The lowest BCUT2D eigenvalue weighted by Gasteiger charge is -2.40. The number of nitrogens with zero attached hydrogens (tertiary/aromatic N) is 4. The molecule has 1 aliphatic rings. The van der Waals surface area contributed by atoms with Gasteiger partial charge in [-0.2, -0.15) is 0 Å². The van der Waals surface area contributed by atoms with Crippen LogP contribution in [0.25, 0.3) is 0 Å². The number of anilines is 1. The molecule has 34 heavy (non-hydrogen) atoms. The highest BCUT2D eigenvalue weighted by Crippen LogP contribution is 2.37. The summed E-state index contributed by atoms with van der Waals surface area (Å²) < 4.78 is 12.7. The minimum Gasteiger partial charge on any atom is -0.507 e. The van der Waals surface area contributed by atoms with Crippen LogP contribution in [0.2, 0.25) is 0 Å². The highest BCUT2D eigenvalue weighted by Gasteiger charge is 2.32. The predicted molar refractivity (Wildman–Crippen MR) is 132 cm³/mol. The van der Waals surface area contributed by atoms with E-state index in [1.165, 1.54) is 0 Å². The van der Waals surface area contributed by atoms with Gasteiger partial charge in [0.25, 0.3) is 5.56 Å². The molecule has 4 rings (SSSR count). The molecule has 0 amide bonds. The second-order valence-electron chi connectivity index (χ2n) is 8.36. The molecule has 1 fully saturated rings. The van der Waals surface area contributed by atoms with Gasteiger partial charge < -0.3 is 24.0 Å². The van der Waals surface area contributed by atoms with E-state index in [1.807, 2.05) is 50.2 Å². The van der Waals surface area contributed by atoms with Crippen LogP contribution in [0.4, 0.5) is 5.82 Å². The Morgan fingerprint density at radius 2 is 1.76 bits per heavy atom. The Kier molecular flexibility index (Phi) is 7.07. The van der Waals surface area contributed by atoms with Gasteiger partial charge in [-0.25, -0.2) is 4.98 Å². The van der Waals surface area contributed by atoms with Gasteiger partial charge in [-0.15, -0.1) is 0 Å². The number of ether oxygens (including phenoxy) is 2. The average Bonchev–Trinajstić information content (AvgIpc) is 2.87. The van der Waals surface area contributed by atoms with Crippen LogP contribution >= 0.6 is 0 Å². The van der Waals surface area contributed by atoms with Gasteiger partial charge in [-0.3, -0.25) is 9.69 Å². The molecule has 2 aromatic heterocycles. The van der Waals surface area contributed by atoms with Gasteiger partial charge in [-0.1, -0.05) is 12.1 Å². The summed E-state index contributed by atoms with van der Waals surface area (Å²) in [6, 6.07) is 12.8. The first-order valence-corrected chi connectivity index (χ1v) is 11.5.